The number of halogens is 2. The zero-order valence-corrected chi connectivity index (χ0v) is 30.2. The van der Waals surface area contributed by atoms with E-state index >= 15 is 0 Å². The van der Waals surface area contributed by atoms with Crippen molar-refractivity contribution in [3.8, 4) is 23.0 Å². The zero-order chi connectivity index (χ0) is 38.7. The maximum absolute atomic E-state index is 12.7. The van der Waals surface area contributed by atoms with Crippen LogP contribution in [0.3, 0.4) is 0 Å². The fraction of sp³-hybridized carbons (Fsp3) is 0.0741. The molecule has 0 fully saturated rings. The molecule has 5 rings (SSSR count). The molecule has 6 N–H and O–H groups in total. The van der Waals surface area contributed by atoms with E-state index in [0.717, 1.165) is 30.3 Å². The molecule has 0 aliphatic heterocycles. The molecule has 278 valence electrons. The fourth-order valence-corrected chi connectivity index (χ4v) is 6.65. The molecule has 4 aromatic carbocycles. The summed E-state index contributed by atoms with van der Waals surface area (Å²) in [5, 5.41) is 51.6. The summed E-state index contributed by atoms with van der Waals surface area (Å²) in [5.41, 5.74) is -1.30. The average molecular weight is 832 g/mol. The number of phenolic OH excluding ortho intramolecular Hbond substituents is 2. The lowest BCUT2D eigenvalue weighted by molar-refractivity contribution is -0.432. The van der Waals surface area contributed by atoms with E-state index in [2.05, 4.69) is 50.1 Å². The van der Waals surface area contributed by atoms with Gasteiger partial charge in [-0.2, -0.15) is 31.8 Å². The van der Waals surface area contributed by atoms with Crippen molar-refractivity contribution in [2.24, 2.45) is 20.5 Å². The summed E-state index contributed by atoms with van der Waals surface area (Å²) in [7, 11) is -7.13. The predicted octanol–water partition coefficient (Wildman–Crippen LogP) is 7.26. The number of rotatable bonds is 13. The van der Waals surface area contributed by atoms with Crippen molar-refractivity contribution in [1.82, 2.24) is 15.0 Å². The first-order valence-electron chi connectivity index (χ1n) is 13.7. The number of hydrogen-bond acceptors (Lipinski definition) is 20. The van der Waals surface area contributed by atoms with Crippen LogP contribution in [-0.4, -0.2) is 70.6 Å². The number of nitrogens with zero attached hydrogens (tertiary/aromatic N) is 7. The zero-order valence-electron chi connectivity index (χ0n) is 26.2. The van der Waals surface area contributed by atoms with E-state index in [1.807, 2.05) is 0 Å². The number of methoxy groups -OCH3 is 2. The Labute approximate surface area is 311 Å². The van der Waals surface area contributed by atoms with Gasteiger partial charge in [-0.3, -0.25) is 9.11 Å². The monoisotopic (exact) mass is 830 g/mol. The third-order valence-corrected chi connectivity index (χ3v) is 9.44. The lowest BCUT2D eigenvalue weighted by Crippen LogP contribution is -2.07. The molecule has 1 heterocycles. The van der Waals surface area contributed by atoms with Crippen LogP contribution in [0.4, 0.5) is 34.4 Å². The smallest absolute Gasteiger partial charge is 0.297 e. The Morgan fingerprint density at radius 1 is 0.755 bits per heavy atom. The van der Waals surface area contributed by atoms with Crippen LogP contribution >= 0.6 is 35.2 Å². The van der Waals surface area contributed by atoms with Crippen LogP contribution in [0.1, 0.15) is 0 Å². The summed E-state index contributed by atoms with van der Waals surface area (Å²) in [6, 6.07) is 8.83. The van der Waals surface area contributed by atoms with Crippen molar-refractivity contribution in [2.45, 2.75) is 14.7 Å². The quantitative estimate of drug-likeness (QED) is 0.0223. The molecule has 5 aromatic rings. The third kappa shape index (κ3) is 8.96. The van der Waals surface area contributed by atoms with Gasteiger partial charge < -0.3 is 25.0 Å². The number of azo groups is 2. The molecule has 0 atom stereocenters. The van der Waals surface area contributed by atoms with E-state index in [1.54, 1.807) is 0 Å². The van der Waals surface area contributed by atoms with E-state index in [9.17, 15) is 36.2 Å². The van der Waals surface area contributed by atoms with E-state index in [0.29, 0.717) is 0 Å². The van der Waals surface area contributed by atoms with Gasteiger partial charge in [-0.1, -0.05) is 5.04 Å². The molecule has 0 amide bonds. The largest absolute Gasteiger partial charge is 0.506 e. The molecule has 0 aliphatic carbocycles. The third-order valence-electron chi connectivity index (χ3n) is 6.67. The van der Waals surface area contributed by atoms with E-state index in [1.165, 1.54) is 32.4 Å². The molecule has 1 aromatic heterocycles. The standard InChI is InChI=1S/C27H20Cl2N8O13S3/c1-47-19-9-15(34-36-17-7-11(52(41,42)43)3-6-18(17)38)16(10-20(19)48-2)35-37-22-21(51-50-49-40)8-13-12(23(22)39)4-5-14(24(13)53(44,45)46)30-27-32-25(28)31-26(29)33-27/h3-10,38-40H,1-2H3,(H,41,42,43)(H,44,45,46)(H,30,31,32,33). The van der Waals surface area contributed by atoms with Gasteiger partial charge >= 0.3 is 0 Å². The first-order valence-corrected chi connectivity index (χ1v) is 18.1. The predicted molar refractivity (Wildman–Crippen MR) is 185 cm³/mol. The van der Waals surface area contributed by atoms with Gasteiger partial charge in [-0.25, -0.2) is 5.26 Å². The number of phenols is 2. The second-order valence-corrected chi connectivity index (χ2v) is 14.1. The topological polar surface area (TPSA) is 306 Å². The number of aromatic nitrogens is 3. The molecule has 26 heteroatoms. The van der Waals surface area contributed by atoms with Crippen LogP contribution in [0.2, 0.25) is 10.6 Å². The van der Waals surface area contributed by atoms with E-state index in [-0.39, 0.29) is 78.5 Å². The minimum atomic E-state index is -5.09. The first-order chi connectivity index (χ1) is 25.0. The maximum Gasteiger partial charge on any atom is 0.297 e. The second-order valence-electron chi connectivity index (χ2n) is 9.85. The van der Waals surface area contributed by atoms with Crippen molar-refractivity contribution in [3.63, 3.8) is 0 Å². The van der Waals surface area contributed by atoms with Crippen molar-refractivity contribution in [2.75, 3.05) is 19.5 Å². The van der Waals surface area contributed by atoms with Crippen molar-refractivity contribution >= 4 is 101 Å². The highest BCUT2D eigenvalue weighted by molar-refractivity contribution is 7.94. The highest BCUT2D eigenvalue weighted by atomic mass is 35.5. The van der Waals surface area contributed by atoms with Crippen LogP contribution < -0.4 is 14.8 Å². The lowest BCUT2D eigenvalue weighted by atomic mass is 10.1. The minimum Gasteiger partial charge on any atom is -0.506 e. The Morgan fingerprint density at radius 3 is 1.92 bits per heavy atom. The molecule has 0 spiro atoms. The van der Waals surface area contributed by atoms with Gasteiger partial charge in [0.15, 0.2) is 17.2 Å². The van der Waals surface area contributed by atoms with Gasteiger partial charge in [0.05, 0.1) is 41.7 Å². The molecule has 21 nitrogen and oxygen atoms in total. The second kappa shape index (κ2) is 15.9. The lowest BCUT2D eigenvalue weighted by Gasteiger charge is -2.15. The van der Waals surface area contributed by atoms with E-state index in [4.69, 9.17) is 37.9 Å². The molecule has 0 aliphatic rings. The van der Waals surface area contributed by atoms with Gasteiger partial charge in [0.1, 0.15) is 33.4 Å². The van der Waals surface area contributed by atoms with Crippen LogP contribution in [0.5, 0.6) is 23.0 Å². The first kappa shape index (κ1) is 39.2. The van der Waals surface area contributed by atoms with Crippen molar-refractivity contribution in [3.05, 3.63) is 59.1 Å². The molecule has 0 saturated heterocycles. The van der Waals surface area contributed by atoms with Crippen LogP contribution in [0.25, 0.3) is 10.8 Å². The highest BCUT2D eigenvalue weighted by Gasteiger charge is 2.26. The van der Waals surface area contributed by atoms with Crippen LogP contribution in [0.15, 0.2) is 83.7 Å². The van der Waals surface area contributed by atoms with Crippen molar-refractivity contribution < 1.29 is 60.3 Å². The van der Waals surface area contributed by atoms with Crippen LogP contribution in [0, 0.1) is 0 Å². The average Bonchev–Trinajstić information content (AvgIpc) is 3.08. The molecule has 0 radical (unpaired) electrons. The molecular formula is C27H20Cl2N8O13S3. The summed E-state index contributed by atoms with van der Waals surface area (Å²) < 4.78 is 83.5. The molecular weight excluding hydrogens is 811 g/mol. The van der Waals surface area contributed by atoms with Gasteiger partial charge in [0.2, 0.25) is 16.5 Å². The number of fused-ring (bicyclic) bond motifs is 1. The Hall–Kier alpha value is -5.02. The van der Waals surface area contributed by atoms with Crippen LogP contribution in [-0.2, 0) is 29.6 Å². The molecule has 0 unspecified atom stereocenters. The number of ether oxygens (including phenoxy) is 2. The minimum absolute atomic E-state index is 0.115. The summed E-state index contributed by atoms with van der Waals surface area (Å²) in [4.78, 5) is 9.60. The van der Waals surface area contributed by atoms with E-state index < -0.39 is 47.2 Å². The number of hydrogen-bond donors (Lipinski definition) is 6. The van der Waals surface area contributed by atoms with Gasteiger partial charge in [-0.15, -0.1) is 24.8 Å². The Balaban J connectivity index is 1.68. The van der Waals surface area contributed by atoms with Crippen molar-refractivity contribution in [1.29, 1.82) is 0 Å². The summed E-state index contributed by atoms with van der Waals surface area (Å²) in [5.74, 6) is -1.27. The number of aromatic hydroxyl groups is 2. The fourth-order valence-electron chi connectivity index (χ4n) is 4.46. The number of benzene rings is 4. The highest BCUT2D eigenvalue weighted by Crippen LogP contribution is 2.48. The molecule has 53 heavy (non-hydrogen) atoms. The molecule has 0 saturated carbocycles. The Morgan fingerprint density at radius 2 is 1.36 bits per heavy atom. The maximum atomic E-state index is 12.7. The Kier molecular flexibility index (Phi) is 11.8. The van der Waals surface area contributed by atoms with Gasteiger partial charge in [-0.05, 0) is 59.6 Å². The number of anilines is 2. The SMILES string of the molecule is COc1cc(N=Nc2cc(S(=O)(=O)O)ccc2O)c(N=Nc2c(SOOO)cc3c(S(=O)(=O)O)c(Nc4nc(Cl)nc(Cl)n4)ccc3c2O)cc1OC. The van der Waals surface area contributed by atoms with Gasteiger partial charge in [0.25, 0.3) is 20.2 Å². The summed E-state index contributed by atoms with van der Waals surface area (Å²) in [6.07, 6.45) is 0. The summed E-state index contributed by atoms with van der Waals surface area (Å²) in [6.45, 7) is 0. The molecule has 0 bridgehead atoms. The van der Waals surface area contributed by atoms with Gasteiger partial charge in [0, 0.05) is 22.9 Å². The Bertz CT molecular complexity index is 2510. The number of nitrogens with one attached hydrogen (secondary N) is 1. The normalized spacial score (nSPS) is 12.2. The summed E-state index contributed by atoms with van der Waals surface area (Å²) >= 11 is 11.9.